The second-order valence-electron chi connectivity index (χ2n) is 9.95. The maximum atomic E-state index is 12.8. The number of aliphatic hydroxyl groups is 2. The summed E-state index contributed by atoms with van der Waals surface area (Å²) in [6.45, 7) is 10.2. The van der Waals surface area contributed by atoms with E-state index in [4.69, 9.17) is 10.00 Å². The lowest BCUT2D eigenvalue weighted by Gasteiger charge is -2.44. The number of fused-ring (bicyclic) bond motifs is 1. The molecule has 0 spiro atoms. The minimum Gasteiger partial charge on any atom is -0.461 e. The zero-order valence-corrected chi connectivity index (χ0v) is 19.2. The van der Waals surface area contributed by atoms with Gasteiger partial charge in [0.05, 0.1) is 30.1 Å². The highest BCUT2D eigenvalue weighted by Gasteiger charge is 2.42. The van der Waals surface area contributed by atoms with Crippen LogP contribution in [0.3, 0.4) is 0 Å². The fourth-order valence-electron chi connectivity index (χ4n) is 4.67. The number of nitriles is 1. The first-order valence-electron chi connectivity index (χ1n) is 11.4. The number of carbonyl (C=O) groups excluding carboxylic acids is 1. The third-order valence-corrected chi connectivity index (χ3v) is 6.99. The summed E-state index contributed by atoms with van der Waals surface area (Å²) in [6.07, 6.45) is 8.27. The third kappa shape index (κ3) is 6.18. The Hall–Kier alpha value is -1.64. The number of esters is 1. The summed E-state index contributed by atoms with van der Waals surface area (Å²) >= 11 is 0. The molecule has 0 amide bonds. The molecule has 168 valence electrons. The van der Waals surface area contributed by atoms with Gasteiger partial charge in [0, 0.05) is 12.3 Å². The number of hydrogen-bond donors (Lipinski definition) is 2. The average molecular weight is 418 g/mol. The van der Waals surface area contributed by atoms with Gasteiger partial charge in [-0.2, -0.15) is 5.26 Å². The van der Waals surface area contributed by atoms with E-state index in [2.05, 4.69) is 32.1 Å². The van der Waals surface area contributed by atoms with E-state index in [9.17, 15) is 15.0 Å². The first kappa shape index (κ1) is 24.6. The Labute approximate surface area is 181 Å². The van der Waals surface area contributed by atoms with Crippen molar-refractivity contribution in [1.29, 1.82) is 5.26 Å². The number of carbonyl (C=O) groups is 1. The van der Waals surface area contributed by atoms with Gasteiger partial charge in [0.25, 0.3) is 0 Å². The van der Waals surface area contributed by atoms with Crippen LogP contribution in [0.1, 0.15) is 73.1 Å². The predicted molar refractivity (Wildman–Crippen MR) is 117 cm³/mol. The highest BCUT2D eigenvalue weighted by Crippen LogP contribution is 2.45. The van der Waals surface area contributed by atoms with Crippen LogP contribution >= 0.6 is 0 Å². The highest BCUT2D eigenvalue weighted by molar-refractivity contribution is 5.76. The molecule has 1 unspecified atom stereocenters. The van der Waals surface area contributed by atoms with Crippen molar-refractivity contribution >= 4 is 5.97 Å². The van der Waals surface area contributed by atoms with Crippen LogP contribution in [0.15, 0.2) is 23.8 Å². The van der Waals surface area contributed by atoms with Gasteiger partial charge in [0.15, 0.2) is 0 Å². The largest absolute Gasteiger partial charge is 0.461 e. The molecular weight excluding hydrogens is 378 g/mol. The fraction of sp³-hybridized carbons (Fsp3) is 0.760. The molecule has 0 fully saturated rings. The number of allylic oxidation sites excluding steroid dienone is 3. The first-order chi connectivity index (χ1) is 14.1. The van der Waals surface area contributed by atoms with E-state index in [1.54, 1.807) is 0 Å². The predicted octanol–water partition coefficient (Wildman–Crippen LogP) is 4.54. The smallest absolute Gasteiger partial charge is 0.311 e. The Balaban J connectivity index is 2.15. The summed E-state index contributed by atoms with van der Waals surface area (Å²) in [6, 6.07) is 1.94. The van der Waals surface area contributed by atoms with Crippen LogP contribution in [-0.4, -0.2) is 34.5 Å². The molecule has 2 rings (SSSR count). The second kappa shape index (κ2) is 10.6. The average Bonchev–Trinajstić information content (AvgIpc) is 2.67. The molecule has 0 radical (unpaired) electrons. The molecule has 5 heteroatoms. The standard InChI is InChI=1S/C25H39NO4/c1-6-25(4,5)24(29)30-22-14-16(2)13-18-8-7-17(3)21(23(18)22)10-9-19(27)15-20(28)11-12-26/h7-8,13,16-17,19-23,27-28H,6,9-11,14-15H2,1-5H3/t16-,17-,19+,20-,21-,22-,23?/m0/s1. The van der Waals surface area contributed by atoms with E-state index in [1.807, 2.05) is 26.8 Å². The zero-order valence-electron chi connectivity index (χ0n) is 19.2. The maximum absolute atomic E-state index is 12.8. The fourth-order valence-corrected chi connectivity index (χ4v) is 4.67. The number of rotatable bonds is 9. The molecule has 0 aromatic rings. The van der Waals surface area contributed by atoms with Crippen LogP contribution in [0.25, 0.3) is 0 Å². The summed E-state index contributed by atoms with van der Waals surface area (Å²) in [7, 11) is 0. The lowest BCUT2D eigenvalue weighted by Crippen LogP contribution is -2.43. The van der Waals surface area contributed by atoms with E-state index in [1.165, 1.54) is 5.57 Å². The van der Waals surface area contributed by atoms with Crippen molar-refractivity contribution in [2.75, 3.05) is 0 Å². The first-order valence-corrected chi connectivity index (χ1v) is 11.4. The lowest BCUT2D eigenvalue weighted by molar-refractivity contribution is -0.164. The lowest BCUT2D eigenvalue weighted by atomic mass is 9.65. The minimum absolute atomic E-state index is 0.0399. The summed E-state index contributed by atoms with van der Waals surface area (Å²) in [5.41, 5.74) is 0.742. The monoisotopic (exact) mass is 417 g/mol. The van der Waals surface area contributed by atoms with Gasteiger partial charge in [-0.1, -0.05) is 39.0 Å². The minimum atomic E-state index is -0.787. The molecule has 7 atom stereocenters. The summed E-state index contributed by atoms with van der Waals surface area (Å²) in [5.74, 6) is 0.929. The summed E-state index contributed by atoms with van der Waals surface area (Å²) in [5, 5.41) is 28.9. The molecule has 0 aliphatic heterocycles. The van der Waals surface area contributed by atoms with E-state index in [0.717, 1.165) is 19.3 Å². The van der Waals surface area contributed by atoms with Crippen LogP contribution in [0.4, 0.5) is 0 Å². The van der Waals surface area contributed by atoms with Crippen molar-refractivity contribution in [3.05, 3.63) is 23.8 Å². The Morgan fingerprint density at radius 2 is 2.03 bits per heavy atom. The Morgan fingerprint density at radius 1 is 1.33 bits per heavy atom. The third-order valence-electron chi connectivity index (χ3n) is 6.99. The maximum Gasteiger partial charge on any atom is 0.311 e. The highest BCUT2D eigenvalue weighted by atomic mass is 16.5. The molecular formula is C25H39NO4. The zero-order chi connectivity index (χ0) is 22.5. The molecule has 30 heavy (non-hydrogen) atoms. The van der Waals surface area contributed by atoms with Gasteiger partial charge in [0.2, 0.25) is 0 Å². The van der Waals surface area contributed by atoms with E-state index in [-0.39, 0.29) is 36.8 Å². The molecule has 0 saturated carbocycles. The molecule has 2 aliphatic carbocycles. The SMILES string of the molecule is CCC(C)(C)C(=O)O[C@H]1C[C@@H](C)C=C2C=C[C@H](C)[C@H](CC[C@@H](O)C[C@@H](O)CC#N)C21. The Kier molecular flexibility index (Phi) is 8.70. The van der Waals surface area contributed by atoms with Crippen molar-refractivity contribution in [3.63, 3.8) is 0 Å². The van der Waals surface area contributed by atoms with Gasteiger partial charge in [0.1, 0.15) is 6.10 Å². The normalized spacial score (nSPS) is 30.6. The molecule has 0 bridgehead atoms. The van der Waals surface area contributed by atoms with Crippen LogP contribution in [0.5, 0.6) is 0 Å². The van der Waals surface area contributed by atoms with Crippen LogP contribution < -0.4 is 0 Å². The van der Waals surface area contributed by atoms with Crippen LogP contribution in [-0.2, 0) is 9.53 Å². The number of hydrogen-bond acceptors (Lipinski definition) is 5. The van der Waals surface area contributed by atoms with Crippen molar-refractivity contribution < 1.29 is 19.7 Å². The van der Waals surface area contributed by atoms with E-state index >= 15 is 0 Å². The molecule has 2 aliphatic rings. The second-order valence-corrected chi connectivity index (χ2v) is 9.95. The van der Waals surface area contributed by atoms with Crippen molar-refractivity contribution in [2.24, 2.45) is 29.1 Å². The van der Waals surface area contributed by atoms with Crippen LogP contribution in [0.2, 0.25) is 0 Å². The molecule has 0 saturated heterocycles. The van der Waals surface area contributed by atoms with E-state index in [0.29, 0.717) is 18.3 Å². The molecule has 0 aromatic carbocycles. The van der Waals surface area contributed by atoms with Gasteiger partial charge in [-0.15, -0.1) is 0 Å². The van der Waals surface area contributed by atoms with Gasteiger partial charge in [-0.05, 0) is 62.9 Å². The Bertz CT molecular complexity index is 690. The summed E-state index contributed by atoms with van der Waals surface area (Å²) < 4.78 is 6.12. The number of aliphatic hydroxyl groups excluding tert-OH is 2. The van der Waals surface area contributed by atoms with Crippen molar-refractivity contribution in [3.8, 4) is 6.07 Å². The van der Waals surface area contributed by atoms with Gasteiger partial charge >= 0.3 is 5.97 Å². The van der Waals surface area contributed by atoms with Gasteiger partial charge < -0.3 is 14.9 Å². The van der Waals surface area contributed by atoms with Gasteiger partial charge in [-0.25, -0.2) is 0 Å². The molecule has 0 aromatic heterocycles. The Morgan fingerprint density at radius 3 is 2.67 bits per heavy atom. The molecule has 5 nitrogen and oxygen atoms in total. The van der Waals surface area contributed by atoms with Crippen molar-refractivity contribution in [1.82, 2.24) is 0 Å². The quantitative estimate of drug-likeness (QED) is 0.537. The topological polar surface area (TPSA) is 90.6 Å². The molecule has 2 N–H and O–H groups in total. The van der Waals surface area contributed by atoms with E-state index < -0.39 is 17.6 Å². The van der Waals surface area contributed by atoms with Crippen molar-refractivity contribution in [2.45, 2.75) is 91.5 Å². The number of ether oxygens (including phenoxy) is 1. The number of nitrogens with zero attached hydrogens (tertiary/aromatic N) is 1. The van der Waals surface area contributed by atoms with Gasteiger partial charge in [-0.3, -0.25) is 4.79 Å². The van der Waals surface area contributed by atoms with Crippen LogP contribution in [0, 0.1) is 40.4 Å². The summed E-state index contributed by atoms with van der Waals surface area (Å²) in [4.78, 5) is 12.8. The molecule has 0 heterocycles.